The molecule has 0 bridgehead atoms. The number of hydrogen-bond donors (Lipinski definition) is 1. The van der Waals surface area contributed by atoms with Gasteiger partial charge in [0.25, 0.3) is 0 Å². The van der Waals surface area contributed by atoms with Crippen molar-refractivity contribution in [3.63, 3.8) is 0 Å². The van der Waals surface area contributed by atoms with Crippen molar-refractivity contribution < 1.29 is 23.1 Å². The zero-order chi connectivity index (χ0) is 13.3. The lowest BCUT2D eigenvalue weighted by molar-refractivity contribution is -0.165. The van der Waals surface area contributed by atoms with Gasteiger partial charge in [-0.25, -0.2) is 13.6 Å². The summed E-state index contributed by atoms with van der Waals surface area (Å²) < 4.78 is 30.4. The van der Waals surface area contributed by atoms with Crippen molar-refractivity contribution in [1.82, 2.24) is 5.32 Å². The molecular formula is C11H17F2NO3. The summed E-state index contributed by atoms with van der Waals surface area (Å²) in [6.45, 7) is 4.97. The van der Waals surface area contributed by atoms with Crippen LogP contribution in [0.3, 0.4) is 0 Å². The molecule has 6 heteroatoms. The number of ether oxygens (including phenoxy) is 1. The van der Waals surface area contributed by atoms with Gasteiger partial charge >= 0.3 is 6.09 Å². The highest BCUT2D eigenvalue weighted by atomic mass is 19.3. The quantitative estimate of drug-likeness (QED) is 0.779. The minimum absolute atomic E-state index is 0.110. The molecule has 0 aromatic heterocycles. The van der Waals surface area contributed by atoms with Crippen LogP contribution in [0.1, 0.15) is 33.6 Å². The Morgan fingerprint density at radius 1 is 1.41 bits per heavy atom. The van der Waals surface area contributed by atoms with Crippen molar-refractivity contribution in [2.45, 2.75) is 45.1 Å². The van der Waals surface area contributed by atoms with Crippen LogP contribution in [0, 0.1) is 5.41 Å². The van der Waals surface area contributed by atoms with E-state index in [1.165, 1.54) is 0 Å². The SMILES string of the molecule is CC(C)(C)OC(=O)NCC1(C=O)CC(F)(F)C1. The fourth-order valence-electron chi connectivity index (χ4n) is 1.79. The monoisotopic (exact) mass is 249 g/mol. The summed E-state index contributed by atoms with van der Waals surface area (Å²) in [7, 11) is 0. The van der Waals surface area contributed by atoms with Gasteiger partial charge in [0.05, 0.1) is 5.41 Å². The Labute approximate surface area is 98.7 Å². The van der Waals surface area contributed by atoms with Gasteiger partial charge in [-0.05, 0) is 20.8 Å². The second-order valence-corrected chi connectivity index (χ2v) is 5.55. The summed E-state index contributed by atoms with van der Waals surface area (Å²) >= 11 is 0. The molecule has 0 aromatic rings. The van der Waals surface area contributed by atoms with Gasteiger partial charge in [0.15, 0.2) is 0 Å². The van der Waals surface area contributed by atoms with Crippen molar-refractivity contribution >= 4 is 12.4 Å². The molecule has 0 radical (unpaired) electrons. The van der Waals surface area contributed by atoms with Crippen LogP contribution in [0.4, 0.5) is 13.6 Å². The molecule has 0 saturated heterocycles. The first-order valence-electron chi connectivity index (χ1n) is 5.39. The van der Waals surface area contributed by atoms with Crippen LogP contribution in [0.5, 0.6) is 0 Å². The Morgan fingerprint density at radius 3 is 2.29 bits per heavy atom. The van der Waals surface area contributed by atoms with Crippen LogP contribution < -0.4 is 5.32 Å². The highest BCUT2D eigenvalue weighted by Crippen LogP contribution is 2.50. The molecular weight excluding hydrogens is 232 g/mol. The van der Waals surface area contributed by atoms with E-state index in [9.17, 15) is 18.4 Å². The third kappa shape index (κ3) is 3.94. The number of rotatable bonds is 3. The van der Waals surface area contributed by atoms with Crippen LogP contribution >= 0.6 is 0 Å². The smallest absolute Gasteiger partial charge is 0.407 e. The van der Waals surface area contributed by atoms with E-state index in [2.05, 4.69) is 5.32 Å². The van der Waals surface area contributed by atoms with Gasteiger partial charge in [-0.1, -0.05) is 0 Å². The first kappa shape index (κ1) is 13.9. The molecule has 0 aliphatic heterocycles. The molecule has 1 saturated carbocycles. The van der Waals surface area contributed by atoms with Crippen molar-refractivity contribution in [3.8, 4) is 0 Å². The molecule has 1 fully saturated rings. The zero-order valence-corrected chi connectivity index (χ0v) is 10.2. The van der Waals surface area contributed by atoms with Gasteiger partial charge in [0.2, 0.25) is 5.92 Å². The maximum atomic E-state index is 12.7. The normalized spacial score (nSPS) is 21.2. The number of carbonyl (C=O) groups is 2. The highest BCUT2D eigenvalue weighted by molar-refractivity contribution is 5.70. The summed E-state index contributed by atoms with van der Waals surface area (Å²) in [5.74, 6) is -2.80. The Kier molecular flexibility index (Phi) is 3.45. The van der Waals surface area contributed by atoms with Crippen LogP contribution in [0.2, 0.25) is 0 Å². The predicted octanol–water partition coefficient (Wildman–Crippen LogP) is 2.13. The minimum Gasteiger partial charge on any atom is -0.444 e. The Bertz CT molecular complexity index is 315. The van der Waals surface area contributed by atoms with E-state index in [4.69, 9.17) is 4.74 Å². The van der Waals surface area contributed by atoms with Gasteiger partial charge < -0.3 is 14.8 Å². The molecule has 17 heavy (non-hydrogen) atoms. The van der Waals surface area contributed by atoms with Gasteiger partial charge in [0.1, 0.15) is 11.9 Å². The lowest BCUT2D eigenvalue weighted by atomic mass is 9.67. The lowest BCUT2D eigenvalue weighted by Crippen LogP contribution is -2.53. The van der Waals surface area contributed by atoms with Gasteiger partial charge in [-0.3, -0.25) is 0 Å². The standard InChI is InChI=1S/C11H17F2NO3/c1-9(2,3)17-8(16)14-6-10(7-15)4-11(12,13)5-10/h7H,4-6H2,1-3H3,(H,14,16). The van der Waals surface area contributed by atoms with Crippen LogP contribution in [0.25, 0.3) is 0 Å². The molecule has 98 valence electrons. The molecule has 1 amide bonds. The van der Waals surface area contributed by atoms with Gasteiger partial charge in [-0.15, -0.1) is 0 Å². The number of amides is 1. The molecule has 1 N–H and O–H groups in total. The van der Waals surface area contributed by atoms with Crippen molar-refractivity contribution in [1.29, 1.82) is 0 Å². The van der Waals surface area contributed by atoms with Crippen LogP contribution in [-0.2, 0) is 9.53 Å². The minimum atomic E-state index is -2.80. The maximum Gasteiger partial charge on any atom is 0.407 e. The fraction of sp³-hybridized carbons (Fsp3) is 0.818. The summed E-state index contributed by atoms with van der Waals surface area (Å²) in [6, 6.07) is 0. The van der Waals surface area contributed by atoms with Crippen molar-refractivity contribution in [3.05, 3.63) is 0 Å². The third-order valence-electron chi connectivity index (χ3n) is 2.46. The zero-order valence-electron chi connectivity index (χ0n) is 10.2. The van der Waals surface area contributed by atoms with Gasteiger partial charge in [0, 0.05) is 19.4 Å². The molecule has 0 heterocycles. The summed E-state index contributed by atoms with van der Waals surface area (Å²) in [4.78, 5) is 22.1. The third-order valence-corrected chi connectivity index (χ3v) is 2.46. The number of hydrogen-bond acceptors (Lipinski definition) is 3. The molecule has 0 atom stereocenters. The van der Waals surface area contributed by atoms with Crippen molar-refractivity contribution in [2.75, 3.05) is 6.54 Å². The average molecular weight is 249 g/mol. The van der Waals surface area contributed by atoms with Crippen LogP contribution in [-0.4, -0.2) is 30.4 Å². The first-order chi connectivity index (χ1) is 7.58. The predicted molar refractivity (Wildman–Crippen MR) is 56.9 cm³/mol. The molecule has 0 unspecified atom stereocenters. The molecule has 4 nitrogen and oxygen atoms in total. The lowest BCUT2D eigenvalue weighted by Gasteiger charge is -2.43. The van der Waals surface area contributed by atoms with E-state index in [1.807, 2.05) is 0 Å². The molecule has 1 aliphatic rings. The summed E-state index contributed by atoms with van der Waals surface area (Å²) in [5.41, 5.74) is -1.79. The largest absolute Gasteiger partial charge is 0.444 e. The fourth-order valence-corrected chi connectivity index (χ4v) is 1.79. The van der Waals surface area contributed by atoms with E-state index >= 15 is 0 Å². The Hall–Kier alpha value is -1.20. The van der Waals surface area contributed by atoms with E-state index in [1.54, 1.807) is 20.8 Å². The number of carbonyl (C=O) groups excluding carboxylic acids is 2. The average Bonchev–Trinajstić information content (AvgIpc) is 2.08. The Balaban J connectivity index is 2.40. The Morgan fingerprint density at radius 2 is 1.94 bits per heavy atom. The number of alkyl carbamates (subject to hydrolysis) is 1. The van der Waals surface area contributed by atoms with Gasteiger partial charge in [-0.2, -0.15) is 0 Å². The molecule has 1 rings (SSSR count). The van der Waals surface area contributed by atoms with E-state index in [0.717, 1.165) is 0 Å². The van der Waals surface area contributed by atoms with Crippen molar-refractivity contribution in [2.24, 2.45) is 5.41 Å². The van der Waals surface area contributed by atoms with E-state index in [-0.39, 0.29) is 6.54 Å². The number of alkyl halides is 2. The first-order valence-corrected chi connectivity index (χ1v) is 5.39. The highest BCUT2D eigenvalue weighted by Gasteiger charge is 2.56. The summed E-state index contributed by atoms with van der Waals surface area (Å²) in [6.07, 6.45) is -1.24. The molecule has 1 aliphatic carbocycles. The topological polar surface area (TPSA) is 55.4 Å². The number of halogens is 2. The number of aldehydes is 1. The van der Waals surface area contributed by atoms with Crippen LogP contribution in [0.15, 0.2) is 0 Å². The molecule has 0 spiro atoms. The second kappa shape index (κ2) is 4.23. The van der Waals surface area contributed by atoms with E-state index in [0.29, 0.717) is 6.29 Å². The van der Waals surface area contributed by atoms with E-state index < -0.39 is 35.9 Å². The maximum absolute atomic E-state index is 12.7. The molecule has 0 aromatic carbocycles. The number of nitrogens with one attached hydrogen (secondary N) is 1. The summed E-state index contributed by atoms with van der Waals surface area (Å²) in [5, 5.41) is 2.34. The second-order valence-electron chi connectivity index (χ2n) is 5.55.